The third-order valence-electron chi connectivity index (χ3n) is 11.9. The molecule has 0 saturated carbocycles. The van der Waals surface area contributed by atoms with Gasteiger partial charge in [-0.1, -0.05) is 54.6 Å². The quantitative estimate of drug-likeness (QED) is 0.0991. The van der Waals surface area contributed by atoms with E-state index in [0.29, 0.717) is 55.0 Å². The summed E-state index contributed by atoms with van der Waals surface area (Å²) in [5, 5.41) is 46.1. The van der Waals surface area contributed by atoms with E-state index in [-0.39, 0.29) is 64.1 Å². The number of aliphatic carboxylic acids is 1. The van der Waals surface area contributed by atoms with E-state index >= 15 is 0 Å². The van der Waals surface area contributed by atoms with Crippen LogP contribution in [0.2, 0.25) is 0 Å². The first kappa shape index (κ1) is 41.0. The molecule has 1 aromatic heterocycles. The van der Waals surface area contributed by atoms with Gasteiger partial charge in [-0.2, -0.15) is 0 Å². The van der Waals surface area contributed by atoms with Crippen molar-refractivity contribution in [2.24, 2.45) is 5.41 Å². The number of phenols is 1. The summed E-state index contributed by atoms with van der Waals surface area (Å²) in [6.45, 7) is 2.65. The van der Waals surface area contributed by atoms with Crippen LogP contribution in [0.25, 0.3) is 10.9 Å². The molecule has 6 N–H and O–H groups in total. The first-order chi connectivity index (χ1) is 28.4. The second-order valence-corrected chi connectivity index (χ2v) is 15.3. The summed E-state index contributed by atoms with van der Waals surface area (Å²) in [5.41, 5.74) is -0.135. The lowest BCUT2D eigenvalue weighted by Crippen LogP contribution is -2.50. The average Bonchev–Trinajstić information content (AvgIpc) is 3.26. The molecule has 0 aliphatic carbocycles. The lowest BCUT2D eigenvalue weighted by molar-refractivity contribution is -0.155. The number of carbonyl (C=O) groups is 3. The molecular formula is C45H48N4O10. The van der Waals surface area contributed by atoms with Gasteiger partial charge in [0.05, 0.1) is 18.7 Å². The number of aliphatic hydroxyl groups excluding tert-OH is 1. The van der Waals surface area contributed by atoms with Crippen LogP contribution in [0, 0.1) is 5.41 Å². The number of methoxy groups -OCH3 is 1. The predicted octanol–water partition coefficient (Wildman–Crippen LogP) is 4.31. The Labute approximate surface area is 340 Å². The number of phenolic OH excluding ortho intramolecular Hbond substituents is 1. The molecule has 2 aliphatic rings. The maximum Gasteiger partial charge on any atom is 0.345 e. The van der Waals surface area contributed by atoms with Gasteiger partial charge in [0.15, 0.2) is 6.61 Å². The Morgan fingerprint density at radius 1 is 0.864 bits per heavy atom. The summed E-state index contributed by atoms with van der Waals surface area (Å²) in [5.74, 6) is -0.940. The molecule has 4 aromatic carbocycles. The van der Waals surface area contributed by atoms with E-state index in [0.717, 1.165) is 31.2 Å². The number of rotatable bonds is 13. The van der Waals surface area contributed by atoms with Crippen LogP contribution < -0.4 is 20.3 Å². The highest BCUT2D eigenvalue weighted by Gasteiger charge is 2.41. The lowest BCUT2D eigenvalue weighted by atomic mass is 9.71. The number of aliphatic hydroxyl groups is 2. The molecule has 2 aliphatic heterocycles. The number of piperidine rings is 2. The minimum absolute atomic E-state index is 0.0307. The summed E-state index contributed by atoms with van der Waals surface area (Å²) in [4.78, 5) is 57.1. The number of carboxylic acids is 1. The number of carbonyl (C=O) groups excluding carboxylic acids is 2. The maximum absolute atomic E-state index is 13.6. The van der Waals surface area contributed by atoms with Crippen LogP contribution in [0.15, 0.2) is 102 Å². The summed E-state index contributed by atoms with van der Waals surface area (Å²) in [6, 6.07) is 25.6. The number of fused-ring (bicyclic) bond motifs is 1. The molecule has 3 heterocycles. The van der Waals surface area contributed by atoms with Gasteiger partial charge < -0.3 is 50.0 Å². The Kier molecular flexibility index (Phi) is 12.0. The Morgan fingerprint density at radius 3 is 2.25 bits per heavy atom. The minimum atomic E-state index is -2.28. The zero-order valence-corrected chi connectivity index (χ0v) is 32.7. The molecule has 2 saturated heterocycles. The second-order valence-electron chi connectivity index (χ2n) is 15.3. The number of H-pyrrole nitrogens is 1. The highest BCUT2D eigenvalue weighted by molar-refractivity contribution is 5.95. The number of nitrogens with zero attached hydrogens (tertiary/aromatic N) is 2. The van der Waals surface area contributed by atoms with E-state index in [4.69, 9.17) is 9.47 Å². The van der Waals surface area contributed by atoms with Gasteiger partial charge in [-0.3, -0.25) is 14.4 Å². The van der Waals surface area contributed by atoms with Crippen molar-refractivity contribution in [3.8, 4) is 17.2 Å². The van der Waals surface area contributed by atoms with Crippen LogP contribution in [-0.4, -0.2) is 99.4 Å². The number of benzene rings is 4. The fourth-order valence-corrected chi connectivity index (χ4v) is 8.26. The molecule has 0 unspecified atom stereocenters. The number of carboxylic acid groups (broad SMARTS) is 1. The second kappa shape index (κ2) is 17.3. The normalized spacial score (nSPS) is 16.7. The van der Waals surface area contributed by atoms with E-state index in [9.17, 15) is 39.6 Å². The summed E-state index contributed by atoms with van der Waals surface area (Å²) >= 11 is 0. The van der Waals surface area contributed by atoms with Gasteiger partial charge in [-0.05, 0) is 78.6 Å². The average molecular weight is 805 g/mol. The van der Waals surface area contributed by atoms with Crippen molar-refractivity contribution in [1.82, 2.24) is 20.1 Å². The molecule has 14 nitrogen and oxygen atoms in total. The zero-order valence-electron chi connectivity index (χ0n) is 32.7. The van der Waals surface area contributed by atoms with Gasteiger partial charge in [0, 0.05) is 67.4 Å². The number of ether oxygens (including phenoxy) is 2. The number of aromatic amines is 1. The fraction of sp³-hybridized carbons (Fsp3) is 0.333. The topological polar surface area (TPSA) is 202 Å². The van der Waals surface area contributed by atoms with Crippen molar-refractivity contribution in [3.63, 3.8) is 0 Å². The molecule has 7 rings (SSSR count). The number of hydrogen-bond acceptors (Lipinski definition) is 10. The van der Waals surface area contributed by atoms with Gasteiger partial charge in [0.1, 0.15) is 17.2 Å². The van der Waals surface area contributed by atoms with Crippen LogP contribution in [0.3, 0.4) is 0 Å². The van der Waals surface area contributed by atoms with Crippen molar-refractivity contribution in [1.29, 1.82) is 0 Å². The summed E-state index contributed by atoms with van der Waals surface area (Å²) in [6.07, 6.45) is 2.35. The van der Waals surface area contributed by atoms with E-state index in [1.54, 1.807) is 78.7 Å². The first-order valence-corrected chi connectivity index (χ1v) is 19.6. The summed E-state index contributed by atoms with van der Waals surface area (Å²) in [7, 11) is 1.55. The van der Waals surface area contributed by atoms with Gasteiger partial charge in [0.2, 0.25) is 11.2 Å². The third-order valence-corrected chi connectivity index (χ3v) is 11.9. The van der Waals surface area contributed by atoms with Crippen molar-refractivity contribution in [2.75, 3.05) is 46.4 Å². The standard InChI is InChI=1S/C45H48N4O10/c1-58-38-24-29(10-11-30(38)26-46-27-37(51)34-12-14-36(50)41-35(34)13-15-39(52)47-41)42(54)49-22-18-44(19-23-49)16-20-48(21-17-44)40(53)28-59-33-9-5-8-32(25-33)45(57,43(55)56)31-6-3-2-4-7-31/h2-15,24-25,37,46,50-51,57H,16-23,26-28H2,1H3,(H,47,52)(H,55,56)/t37-,45-/m0/s1. The number of hydrogen-bond donors (Lipinski definition) is 6. The molecule has 0 radical (unpaired) electrons. The number of aromatic nitrogens is 1. The van der Waals surface area contributed by atoms with Crippen molar-refractivity contribution < 1.29 is 44.3 Å². The Bertz CT molecular complexity index is 2380. The molecular weight excluding hydrogens is 757 g/mol. The molecule has 308 valence electrons. The van der Waals surface area contributed by atoms with Crippen molar-refractivity contribution in [2.45, 2.75) is 43.9 Å². The number of amides is 2. The largest absolute Gasteiger partial charge is 0.506 e. The van der Waals surface area contributed by atoms with Crippen LogP contribution in [0.5, 0.6) is 17.2 Å². The Balaban J connectivity index is 0.881. The van der Waals surface area contributed by atoms with E-state index in [2.05, 4.69) is 10.3 Å². The molecule has 2 amide bonds. The Morgan fingerprint density at radius 2 is 1.56 bits per heavy atom. The van der Waals surface area contributed by atoms with Gasteiger partial charge in [0.25, 0.3) is 11.8 Å². The van der Waals surface area contributed by atoms with Crippen molar-refractivity contribution in [3.05, 3.63) is 135 Å². The Hall–Kier alpha value is -6.22. The zero-order chi connectivity index (χ0) is 41.7. The predicted molar refractivity (Wildman–Crippen MR) is 218 cm³/mol. The molecule has 2 atom stereocenters. The first-order valence-electron chi connectivity index (χ1n) is 19.6. The molecule has 59 heavy (non-hydrogen) atoms. The van der Waals surface area contributed by atoms with Crippen LogP contribution in [0.4, 0.5) is 0 Å². The fourth-order valence-electron chi connectivity index (χ4n) is 8.26. The van der Waals surface area contributed by atoms with Crippen molar-refractivity contribution >= 4 is 28.7 Å². The number of nitrogens with one attached hydrogen (secondary N) is 2. The summed E-state index contributed by atoms with van der Waals surface area (Å²) < 4.78 is 11.4. The van der Waals surface area contributed by atoms with Gasteiger partial charge >= 0.3 is 5.97 Å². The molecule has 14 heteroatoms. The number of likely N-dealkylation sites (tertiary alicyclic amines) is 2. The van der Waals surface area contributed by atoms with E-state index in [1.165, 1.54) is 24.3 Å². The SMILES string of the molecule is COc1cc(C(=O)N2CCC3(CCN(C(=O)COc4cccc([C@](O)(C(=O)O)c5ccccc5)c4)CC3)CC2)ccc1CNC[C@H](O)c1ccc(O)c2[nH]c(=O)ccc12. The van der Waals surface area contributed by atoms with Crippen LogP contribution >= 0.6 is 0 Å². The van der Waals surface area contributed by atoms with E-state index in [1.807, 2.05) is 11.0 Å². The molecule has 2 fully saturated rings. The number of pyridine rings is 1. The van der Waals surface area contributed by atoms with Gasteiger partial charge in [-0.15, -0.1) is 0 Å². The lowest BCUT2D eigenvalue weighted by Gasteiger charge is -2.46. The number of aromatic hydroxyl groups is 1. The molecule has 1 spiro atoms. The molecule has 5 aromatic rings. The monoisotopic (exact) mass is 804 g/mol. The highest BCUT2D eigenvalue weighted by Crippen LogP contribution is 2.42. The molecule has 0 bridgehead atoms. The van der Waals surface area contributed by atoms with E-state index < -0.39 is 17.7 Å². The minimum Gasteiger partial charge on any atom is -0.506 e. The van der Waals surface area contributed by atoms with Crippen LogP contribution in [0.1, 0.15) is 64.4 Å². The maximum atomic E-state index is 13.6. The van der Waals surface area contributed by atoms with Gasteiger partial charge in [-0.25, -0.2) is 4.79 Å². The van der Waals surface area contributed by atoms with Crippen LogP contribution in [-0.2, 0) is 21.7 Å². The smallest absolute Gasteiger partial charge is 0.345 e. The highest BCUT2D eigenvalue weighted by atomic mass is 16.5. The third kappa shape index (κ3) is 8.65.